The van der Waals surface area contributed by atoms with Gasteiger partial charge in [0, 0.05) is 6.54 Å². The molecule has 5 nitrogen and oxygen atoms in total. The van der Waals surface area contributed by atoms with E-state index in [1.807, 2.05) is 13.8 Å². The van der Waals surface area contributed by atoms with Gasteiger partial charge in [-0.3, -0.25) is 4.79 Å². The van der Waals surface area contributed by atoms with Crippen LogP contribution in [0, 0.1) is 11.8 Å². The number of carboxylic acid groups (broad SMARTS) is 1. The molecule has 0 spiro atoms. The van der Waals surface area contributed by atoms with Gasteiger partial charge in [-0.1, -0.05) is 27.2 Å². The van der Waals surface area contributed by atoms with Gasteiger partial charge in [0.05, 0.1) is 6.04 Å². The molecule has 3 atom stereocenters. The van der Waals surface area contributed by atoms with Crippen LogP contribution in [-0.4, -0.2) is 40.5 Å². The van der Waals surface area contributed by atoms with E-state index in [9.17, 15) is 14.7 Å². The molecule has 104 valence electrons. The predicted molar refractivity (Wildman–Crippen MR) is 69.0 cm³/mol. The molecule has 2 unspecified atom stereocenters. The fourth-order valence-electron chi connectivity index (χ4n) is 2.38. The summed E-state index contributed by atoms with van der Waals surface area (Å²) in [7, 11) is 0. The fraction of sp³-hybridized carbons (Fsp3) is 0.846. The Kier molecular flexibility index (Phi) is 5.14. The van der Waals surface area contributed by atoms with Gasteiger partial charge >= 0.3 is 5.97 Å². The van der Waals surface area contributed by atoms with Crippen LogP contribution < -0.4 is 5.73 Å². The van der Waals surface area contributed by atoms with E-state index >= 15 is 0 Å². The molecule has 5 heteroatoms. The largest absolute Gasteiger partial charge is 0.480 e. The smallest absolute Gasteiger partial charge is 0.326 e. The monoisotopic (exact) mass is 256 g/mol. The zero-order chi connectivity index (χ0) is 13.9. The van der Waals surface area contributed by atoms with Crippen molar-refractivity contribution in [1.82, 2.24) is 4.90 Å². The zero-order valence-electron chi connectivity index (χ0n) is 11.4. The van der Waals surface area contributed by atoms with Crippen LogP contribution in [0.3, 0.4) is 0 Å². The Morgan fingerprint density at radius 1 is 1.44 bits per heavy atom. The molecule has 0 aromatic carbocycles. The summed E-state index contributed by atoms with van der Waals surface area (Å²) in [5.41, 5.74) is 5.84. The number of aliphatic carboxylic acids is 1. The van der Waals surface area contributed by atoms with Crippen LogP contribution in [0.2, 0.25) is 0 Å². The molecule has 0 bridgehead atoms. The third-order valence-corrected chi connectivity index (χ3v) is 3.86. The van der Waals surface area contributed by atoms with Crippen LogP contribution in [0.15, 0.2) is 0 Å². The molecule has 0 aromatic heterocycles. The summed E-state index contributed by atoms with van der Waals surface area (Å²) in [6.07, 6.45) is 2.38. The molecular formula is C13H24N2O3. The van der Waals surface area contributed by atoms with Gasteiger partial charge < -0.3 is 15.7 Å². The minimum absolute atomic E-state index is 0.0239. The highest BCUT2D eigenvalue weighted by molar-refractivity contribution is 5.87. The number of amides is 1. The summed E-state index contributed by atoms with van der Waals surface area (Å²) < 4.78 is 0. The SMILES string of the molecule is CCC1CCN(C(=O)[C@@H](N)C(C)C)C(C(=O)O)C1. The lowest BCUT2D eigenvalue weighted by Crippen LogP contribution is -2.56. The van der Waals surface area contributed by atoms with Crippen LogP contribution in [0.1, 0.15) is 40.0 Å². The van der Waals surface area contributed by atoms with E-state index in [4.69, 9.17) is 5.73 Å². The summed E-state index contributed by atoms with van der Waals surface area (Å²) >= 11 is 0. The summed E-state index contributed by atoms with van der Waals surface area (Å²) in [6.45, 7) is 6.31. The minimum Gasteiger partial charge on any atom is -0.480 e. The molecule has 0 aliphatic carbocycles. The molecule has 1 rings (SSSR count). The van der Waals surface area contributed by atoms with Crippen molar-refractivity contribution in [1.29, 1.82) is 0 Å². The number of nitrogens with two attached hydrogens (primary N) is 1. The normalized spacial score (nSPS) is 26.2. The molecule has 18 heavy (non-hydrogen) atoms. The van der Waals surface area contributed by atoms with Gasteiger partial charge in [-0.2, -0.15) is 0 Å². The first-order valence-electron chi connectivity index (χ1n) is 6.67. The lowest BCUT2D eigenvalue weighted by atomic mass is 9.88. The average Bonchev–Trinajstić information content (AvgIpc) is 2.35. The first kappa shape index (κ1) is 15.0. The van der Waals surface area contributed by atoms with Gasteiger partial charge in [0.1, 0.15) is 6.04 Å². The maximum Gasteiger partial charge on any atom is 0.326 e. The number of carbonyl (C=O) groups excluding carboxylic acids is 1. The van der Waals surface area contributed by atoms with Gasteiger partial charge in [0.25, 0.3) is 0 Å². The Hall–Kier alpha value is -1.10. The third kappa shape index (κ3) is 3.22. The number of hydrogen-bond acceptors (Lipinski definition) is 3. The van der Waals surface area contributed by atoms with Gasteiger partial charge in [-0.25, -0.2) is 4.79 Å². The summed E-state index contributed by atoms with van der Waals surface area (Å²) in [4.78, 5) is 24.9. The molecule has 0 saturated carbocycles. The van der Waals surface area contributed by atoms with E-state index in [1.54, 1.807) is 0 Å². The highest BCUT2D eigenvalue weighted by atomic mass is 16.4. The first-order chi connectivity index (χ1) is 8.38. The number of likely N-dealkylation sites (tertiary alicyclic amines) is 1. The molecule has 3 N–H and O–H groups in total. The summed E-state index contributed by atoms with van der Waals surface area (Å²) in [5, 5.41) is 9.26. The maximum atomic E-state index is 12.2. The molecule has 1 saturated heterocycles. The summed E-state index contributed by atoms with van der Waals surface area (Å²) in [5.74, 6) is -0.731. The van der Waals surface area contributed by atoms with Gasteiger partial charge in [0.2, 0.25) is 5.91 Å². The van der Waals surface area contributed by atoms with Crippen molar-refractivity contribution in [3.8, 4) is 0 Å². The van der Waals surface area contributed by atoms with Gasteiger partial charge in [-0.15, -0.1) is 0 Å². The lowest BCUT2D eigenvalue weighted by Gasteiger charge is -2.38. The van der Waals surface area contributed by atoms with Crippen molar-refractivity contribution in [2.45, 2.75) is 52.1 Å². The van der Waals surface area contributed by atoms with E-state index in [0.29, 0.717) is 18.9 Å². The van der Waals surface area contributed by atoms with Crippen LogP contribution in [0.25, 0.3) is 0 Å². The highest BCUT2D eigenvalue weighted by Gasteiger charge is 2.37. The zero-order valence-corrected chi connectivity index (χ0v) is 11.4. The number of hydrogen-bond donors (Lipinski definition) is 2. The van der Waals surface area contributed by atoms with Crippen LogP contribution in [-0.2, 0) is 9.59 Å². The Morgan fingerprint density at radius 2 is 2.06 bits per heavy atom. The second-order valence-electron chi connectivity index (χ2n) is 5.45. The second kappa shape index (κ2) is 6.18. The first-order valence-corrected chi connectivity index (χ1v) is 6.67. The van der Waals surface area contributed by atoms with Crippen molar-refractivity contribution < 1.29 is 14.7 Å². The Balaban J connectivity index is 2.80. The van der Waals surface area contributed by atoms with Crippen molar-refractivity contribution in [2.24, 2.45) is 17.6 Å². The van der Waals surface area contributed by atoms with Crippen molar-refractivity contribution >= 4 is 11.9 Å². The number of carbonyl (C=O) groups is 2. The quantitative estimate of drug-likeness (QED) is 0.788. The number of rotatable bonds is 4. The predicted octanol–water partition coefficient (Wildman–Crippen LogP) is 1.07. The standard InChI is InChI=1S/C13H24N2O3/c1-4-9-5-6-15(10(7-9)13(17)18)12(16)11(14)8(2)3/h8-11H,4-7,14H2,1-3H3,(H,17,18)/t9?,10?,11-/m0/s1. The van der Waals surface area contributed by atoms with Gasteiger partial charge in [-0.05, 0) is 24.7 Å². The van der Waals surface area contributed by atoms with E-state index in [1.165, 1.54) is 4.90 Å². The number of carboxylic acids is 1. The summed E-state index contributed by atoms with van der Waals surface area (Å²) in [6, 6.07) is -1.31. The van der Waals surface area contributed by atoms with Crippen molar-refractivity contribution in [3.05, 3.63) is 0 Å². The van der Waals surface area contributed by atoms with Crippen molar-refractivity contribution in [2.75, 3.05) is 6.54 Å². The minimum atomic E-state index is -0.919. The Labute approximate surface area is 108 Å². The molecule has 0 radical (unpaired) electrons. The van der Waals surface area contributed by atoms with Gasteiger partial charge in [0.15, 0.2) is 0 Å². The molecule has 1 heterocycles. The van der Waals surface area contributed by atoms with Crippen molar-refractivity contribution in [3.63, 3.8) is 0 Å². The van der Waals surface area contributed by atoms with E-state index in [2.05, 4.69) is 6.92 Å². The third-order valence-electron chi connectivity index (χ3n) is 3.86. The van der Waals surface area contributed by atoms with Crippen LogP contribution in [0.5, 0.6) is 0 Å². The molecule has 1 fully saturated rings. The number of nitrogens with zero attached hydrogens (tertiary/aromatic N) is 1. The van der Waals surface area contributed by atoms with Crippen LogP contribution >= 0.6 is 0 Å². The van der Waals surface area contributed by atoms with Crippen LogP contribution in [0.4, 0.5) is 0 Å². The lowest BCUT2D eigenvalue weighted by molar-refractivity contribution is -0.154. The maximum absolute atomic E-state index is 12.2. The Bertz CT molecular complexity index is 317. The average molecular weight is 256 g/mol. The Morgan fingerprint density at radius 3 is 2.50 bits per heavy atom. The molecule has 1 amide bonds. The molecule has 0 aromatic rings. The second-order valence-corrected chi connectivity index (χ2v) is 5.45. The fourth-order valence-corrected chi connectivity index (χ4v) is 2.38. The molecule has 1 aliphatic rings. The highest BCUT2D eigenvalue weighted by Crippen LogP contribution is 2.26. The molecule has 1 aliphatic heterocycles. The topological polar surface area (TPSA) is 83.6 Å². The molecular weight excluding hydrogens is 232 g/mol. The van der Waals surface area contributed by atoms with E-state index in [0.717, 1.165) is 12.8 Å². The van der Waals surface area contributed by atoms with E-state index in [-0.39, 0.29) is 11.8 Å². The number of piperidine rings is 1. The van der Waals surface area contributed by atoms with E-state index < -0.39 is 18.1 Å².